The van der Waals surface area contributed by atoms with Gasteiger partial charge in [-0.1, -0.05) is 52.4 Å². The fourth-order valence-electron chi connectivity index (χ4n) is 2.30. The van der Waals surface area contributed by atoms with Crippen LogP contribution < -0.4 is 0 Å². The van der Waals surface area contributed by atoms with Crippen LogP contribution in [0.25, 0.3) is 0 Å². The molecule has 128 valence electrons. The molecule has 21 heavy (non-hydrogen) atoms. The van der Waals surface area contributed by atoms with Crippen molar-refractivity contribution < 1.29 is 21.9 Å². The van der Waals surface area contributed by atoms with Gasteiger partial charge in [-0.3, -0.25) is 4.55 Å². The van der Waals surface area contributed by atoms with Crippen molar-refractivity contribution in [2.45, 2.75) is 78.2 Å². The molecule has 0 aliphatic carbocycles. The first kappa shape index (κ1) is 20.8. The highest BCUT2D eigenvalue weighted by Crippen LogP contribution is 2.18. The maximum absolute atomic E-state index is 10.6. The van der Waals surface area contributed by atoms with Crippen LogP contribution in [0.3, 0.4) is 0 Å². The van der Waals surface area contributed by atoms with E-state index in [1.54, 1.807) is 6.92 Å². The van der Waals surface area contributed by atoms with Gasteiger partial charge in [-0.15, -0.1) is 0 Å². The molecule has 0 amide bonds. The van der Waals surface area contributed by atoms with Crippen LogP contribution in [0.4, 0.5) is 0 Å². The van der Waals surface area contributed by atoms with E-state index in [-0.39, 0.29) is 6.61 Å². The molecule has 0 bridgehead atoms. The molecular weight excluding hydrogens is 292 g/mol. The van der Waals surface area contributed by atoms with Gasteiger partial charge in [0.25, 0.3) is 0 Å². The van der Waals surface area contributed by atoms with E-state index in [1.165, 1.54) is 38.5 Å². The molecule has 0 heterocycles. The Morgan fingerprint density at radius 3 is 2.14 bits per heavy atom. The Kier molecular flexibility index (Phi) is 12.3. The summed E-state index contributed by atoms with van der Waals surface area (Å²) in [6.45, 7) is 6.75. The summed E-state index contributed by atoms with van der Waals surface area (Å²) < 4.78 is 39.7. The molecule has 0 fully saturated rings. The van der Waals surface area contributed by atoms with Crippen LogP contribution in [0.2, 0.25) is 0 Å². The average molecular weight is 324 g/mol. The van der Waals surface area contributed by atoms with Gasteiger partial charge in [-0.05, 0) is 25.7 Å². The SMILES string of the molecule is CCCCCCC(CCCC)COCC(C)OS(=O)(=O)O. The molecule has 0 aliphatic heterocycles. The first-order valence-electron chi connectivity index (χ1n) is 8.12. The van der Waals surface area contributed by atoms with Gasteiger partial charge < -0.3 is 4.74 Å². The smallest absolute Gasteiger partial charge is 0.378 e. The Balaban J connectivity index is 3.93. The maximum Gasteiger partial charge on any atom is 0.397 e. The minimum atomic E-state index is -4.39. The highest BCUT2D eigenvalue weighted by molar-refractivity contribution is 7.80. The third kappa shape index (κ3) is 14.5. The normalized spacial score (nSPS) is 15.0. The number of unbranched alkanes of at least 4 members (excludes halogenated alkanes) is 4. The molecule has 1 N–H and O–H groups in total. The van der Waals surface area contributed by atoms with E-state index >= 15 is 0 Å². The highest BCUT2D eigenvalue weighted by atomic mass is 32.3. The second kappa shape index (κ2) is 12.4. The summed E-state index contributed by atoms with van der Waals surface area (Å²) in [7, 11) is -4.39. The van der Waals surface area contributed by atoms with Gasteiger partial charge in [0.15, 0.2) is 0 Å². The quantitative estimate of drug-likeness (QED) is 0.386. The van der Waals surface area contributed by atoms with Crippen molar-refractivity contribution in [1.82, 2.24) is 0 Å². The maximum atomic E-state index is 10.6. The van der Waals surface area contributed by atoms with Crippen molar-refractivity contribution in [2.75, 3.05) is 13.2 Å². The molecule has 0 radical (unpaired) electrons. The third-order valence-corrected chi connectivity index (χ3v) is 4.00. The van der Waals surface area contributed by atoms with Gasteiger partial charge in [0.2, 0.25) is 0 Å². The molecule has 0 aromatic heterocycles. The minimum absolute atomic E-state index is 0.178. The average Bonchev–Trinajstić information content (AvgIpc) is 2.38. The molecule has 0 aromatic carbocycles. The number of ether oxygens (including phenoxy) is 1. The van der Waals surface area contributed by atoms with E-state index in [0.717, 1.165) is 12.8 Å². The zero-order chi connectivity index (χ0) is 16.1. The van der Waals surface area contributed by atoms with Crippen LogP contribution in [0.5, 0.6) is 0 Å². The largest absolute Gasteiger partial charge is 0.397 e. The highest BCUT2D eigenvalue weighted by Gasteiger charge is 2.14. The van der Waals surface area contributed by atoms with E-state index in [9.17, 15) is 8.42 Å². The minimum Gasteiger partial charge on any atom is -0.378 e. The van der Waals surface area contributed by atoms with Crippen LogP contribution >= 0.6 is 0 Å². The number of rotatable bonds is 14. The molecule has 0 saturated carbocycles. The van der Waals surface area contributed by atoms with Crippen molar-refractivity contribution in [3.8, 4) is 0 Å². The second-order valence-corrected chi connectivity index (χ2v) is 6.78. The zero-order valence-electron chi connectivity index (χ0n) is 13.7. The van der Waals surface area contributed by atoms with Crippen LogP contribution in [0.1, 0.15) is 72.1 Å². The Morgan fingerprint density at radius 1 is 0.952 bits per heavy atom. The van der Waals surface area contributed by atoms with Crippen LogP contribution in [-0.2, 0) is 19.3 Å². The molecule has 0 aliphatic rings. The summed E-state index contributed by atoms with van der Waals surface area (Å²) in [5, 5.41) is 0. The van der Waals surface area contributed by atoms with Crippen molar-refractivity contribution in [1.29, 1.82) is 0 Å². The fraction of sp³-hybridized carbons (Fsp3) is 1.00. The van der Waals surface area contributed by atoms with E-state index in [4.69, 9.17) is 9.29 Å². The summed E-state index contributed by atoms with van der Waals surface area (Å²) >= 11 is 0. The lowest BCUT2D eigenvalue weighted by Gasteiger charge is -2.18. The zero-order valence-corrected chi connectivity index (χ0v) is 14.5. The van der Waals surface area contributed by atoms with Gasteiger partial charge in [-0.2, -0.15) is 8.42 Å². The summed E-state index contributed by atoms with van der Waals surface area (Å²) in [6.07, 6.45) is 9.02. The van der Waals surface area contributed by atoms with E-state index in [1.807, 2.05) is 0 Å². The number of hydrogen-bond acceptors (Lipinski definition) is 4. The van der Waals surface area contributed by atoms with E-state index < -0.39 is 16.5 Å². The summed E-state index contributed by atoms with van der Waals surface area (Å²) in [4.78, 5) is 0. The summed E-state index contributed by atoms with van der Waals surface area (Å²) in [5.74, 6) is 0.528. The first-order valence-corrected chi connectivity index (χ1v) is 9.49. The Morgan fingerprint density at radius 2 is 1.57 bits per heavy atom. The van der Waals surface area contributed by atoms with Crippen molar-refractivity contribution >= 4 is 10.4 Å². The van der Waals surface area contributed by atoms with Gasteiger partial charge in [0, 0.05) is 6.61 Å². The predicted molar refractivity (Wildman–Crippen MR) is 84.7 cm³/mol. The number of hydrogen-bond donors (Lipinski definition) is 1. The van der Waals surface area contributed by atoms with E-state index in [0.29, 0.717) is 12.5 Å². The van der Waals surface area contributed by atoms with E-state index in [2.05, 4.69) is 18.0 Å². The Hall–Kier alpha value is -0.170. The lowest BCUT2D eigenvalue weighted by molar-refractivity contribution is 0.0337. The molecular formula is C15H32O5S. The lowest BCUT2D eigenvalue weighted by Crippen LogP contribution is -2.22. The predicted octanol–water partition coefficient (Wildman–Crippen LogP) is 3.99. The standard InChI is InChI=1S/C15H32O5S/c1-4-6-8-9-11-15(10-7-5-2)13-19-12-14(3)20-21(16,17)18/h14-15H,4-13H2,1-3H3,(H,16,17,18). The van der Waals surface area contributed by atoms with Crippen molar-refractivity contribution in [2.24, 2.45) is 5.92 Å². The molecule has 2 atom stereocenters. The first-order chi connectivity index (χ1) is 9.89. The summed E-state index contributed by atoms with van der Waals surface area (Å²) in [6, 6.07) is 0. The van der Waals surface area contributed by atoms with Crippen molar-refractivity contribution in [3.05, 3.63) is 0 Å². The fourth-order valence-corrected chi connectivity index (χ4v) is 2.77. The van der Waals surface area contributed by atoms with Crippen LogP contribution in [0, 0.1) is 5.92 Å². The van der Waals surface area contributed by atoms with Crippen molar-refractivity contribution in [3.63, 3.8) is 0 Å². The topological polar surface area (TPSA) is 72.8 Å². The Labute approximate surface area is 130 Å². The summed E-state index contributed by atoms with van der Waals surface area (Å²) in [5.41, 5.74) is 0. The van der Waals surface area contributed by atoms with Crippen LogP contribution in [0.15, 0.2) is 0 Å². The second-order valence-electron chi connectivity index (χ2n) is 5.73. The van der Waals surface area contributed by atoms with Gasteiger partial charge >= 0.3 is 10.4 Å². The van der Waals surface area contributed by atoms with Gasteiger partial charge in [0.1, 0.15) is 0 Å². The lowest BCUT2D eigenvalue weighted by atomic mass is 9.96. The Bertz CT molecular complexity index is 329. The molecule has 0 rings (SSSR count). The van der Waals surface area contributed by atoms with Gasteiger partial charge in [0.05, 0.1) is 12.7 Å². The molecule has 0 aromatic rings. The third-order valence-electron chi connectivity index (χ3n) is 3.42. The molecule has 2 unspecified atom stereocenters. The monoisotopic (exact) mass is 324 g/mol. The molecule has 0 saturated heterocycles. The molecule has 5 nitrogen and oxygen atoms in total. The molecule has 6 heteroatoms. The van der Waals surface area contributed by atoms with Crippen LogP contribution in [-0.4, -0.2) is 32.3 Å². The molecule has 0 spiro atoms. The van der Waals surface area contributed by atoms with Gasteiger partial charge in [-0.25, -0.2) is 4.18 Å².